The summed E-state index contributed by atoms with van der Waals surface area (Å²) in [6, 6.07) is 15.1. The predicted octanol–water partition coefficient (Wildman–Crippen LogP) is 5.35. The van der Waals surface area contributed by atoms with E-state index in [1.165, 1.54) is 43.5 Å². The van der Waals surface area contributed by atoms with Crippen LogP contribution in [0.5, 0.6) is 11.6 Å². The number of para-hydroxylation sites is 1. The first-order chi connectivity index (χ1) is 19.2. The molecule has 0 atom stereocenters. The zero-order valence-electron chi connectivity index (χ0n) is 21.0. The summed E-state index contributed by atoms with van der Waals surface area (Å²) in [4.78, 5) is 7.78. The van der Waals surface area contributed by atoms with Crippen molar-refractivity contribution in [1.29, 1.82) is 5.41 Å². The molecule has 12 nitrogen and oxygen atoms in total. The maximum atomic E-state index is 12.8. The van der Waals surface area contributed by atoms with Crippen LogP contribution >= 0.6 is 22.1 Å². The van der Waals surface area contributed by atoms with Crippen molar-refractivity contribution in [1.82, 2.24) is 9.97 Å². The van der Waals surface area contributed by atoms with Gasteiger partial charge in [0.1, 0.15) is 6.33 Å². The summed E-state index contributed by atoms with van der Waals surface area (Å²) in [5.74, 6) is 0.234. The van der Waals surface area contributed by atoms with E-state index in [1.54, 1.807) is 6.92 Å². The van der Waals surface area contributed by atoms with Gasteiger partial charge in [0.25, 0.3) is 15.9 Å². The first-order valence-electron chi connectivity index (χ1n) is 10.9. The quantitative estimate of drug-likeness (QED) is 0.134. The van der Waals surface area contributed by atoms with Crippen LogP contribution in [0.15, 0.2) is 90.4 Å². The molecular weight excluding hydrogens is 643 g/mol. The van der Waals surface area contributed by atoms with Gasteiger partial charge in [-0.1, -0.05) is 18.2 Å². The van der Waals surface area contributed by atoms with Crippen LogP contribution in [-0.2, 0) is 37.2 Å². The Morgan fingerprint density at radius 3 is 2.40 bits per heavy atom. The van der Waals surface area contributed by atoms with Crippen molar-refractivity contribution in [2.75, 3.05) is 24.0 Å². The predicted molar refractivity (Wildman–Crippen MR) is 154 cm³/mol. The van der Waals surface area contributed by atoms with Crippen LogP contribution in [0.4, 0.5) is 17.2 Å². The monoisotopic (exact) mass is 662 g/mol. The molecule has 0 bridgehead atoms. The second kappa shape index (κ2) is 14.4. The van der Waals surface area contributed by atoms with Crippen molar-refractivity contribution in [3.8, 4) is 11.6 Å². The number of nitrogens with one attached hydrogen (secondary N) is 2. The van der Waals surface area contributed by atoms with E-state index in [1.807, 2.05) is 30.3 Å². The van der Waals surface area contributed by atoms with Crippen LogP contribution in [0.1, 0.15) is 6.92 Å². The van der Waals surface area contributed by atoms with Gasteiger partial charge in [0.2, 0.25) is 5.75 Å². The summed E-state index contributed by atoms with van der Waals surface area (Å²) in [6.45, 7) is 1.77. The van der Waals surface area contributed by atoms with E-state index in [4.69, 9.17) is 27.5 Å². The summed E-state index contributed by atoms with van der Waals surface area (Å²) in [6.07, 6.45) is 1.16. The van der Waals surface area contributed by atoms with Crippen LogP contribution in [0.3, 0.4) is 0 Å². The molecule has 0 saturated heterocycles. The molecule has 0 aliphatic carbocycles. The Hall–Kier alpha value is -3.30. The molecule has 0 fully saturated rings. The molecule has 0 amide bonds. The van der Waals surface area contributed by atoms with Gasteiger partial charge < -0.3 is 22.1 Å². The number of benzene rings is 2. The fourth-order valence-corrected chi connectivity index (χ4v) is 5.22. The fourth-order valence-electron chi connectivity index (χ4n) is 3.32. The molecule has 1 aliphatic rings. The number of anilines is 2. The van der Waals surface area contributed by atoms with Gasteiger partial charge in [0.05, 0.1) is 36.2 Å². The summed E-state index contributed by atoms with van der Waals surface area (Å²) < 4.78 is 42.7. The van der Waals surface area contributed by atoms with Crippen molar-refractivity contribution in [3.05, 3.63) is 70.7 Å². The van der Waals surface area contributed by atoms with Crippen molar-refractivity contribution in [3.63, 3.8) is 0 Å². The van der Waals surface area contributed by atoms with E-state index in [9.17, 15) is 8.42 Å². The number of hydrazone groups is 1. The first kappa shape index (κ1) is 31.2. The fraction of sp³-hybridized carbons (Fsp3) is 0.130. The minimum absolute atomic E-state index is 0.0259. The summed E-state index contributed by atoms with van der Waals surface area (Å²) in [5.41, 5.74) is 2.26. The average Bonchev–Trinajstić information content (AvgIpc) is 3.27. The minimum atomic E-state index is -3.99. The zero-order chi connectivity index (χ0) is 29.3. The van der Waals surface area contributed by atoms with E-state index >= 15 is 0 Å². The van der Waals surface area contributed by atoms with Crippen molar-refractivity contribution in [2.45, 2.75) is 11.8 Å². The van der Waals surface area contributed by atoms with Gasteiger partial charge >= 0.3 is 24.8 Å². The molecule has 0 spiro atoms. The van der Waals surface area contributed by atoms with Gasteiger partial charge in [-0.25, -0.2) is 18.4 Å². The van der Waals surface area contributed by atoms with Crippen LogP contribution in [0, 0.1) is 5.41 Å². The molecule has 0 saturated carbocycles. The van der Waals surface area contributed by atoms with Crippen molar-refractivity contribution in [2.24, 2.45) is 14.7 Å². The van der Waals surface area contributed by atoms with Crippen LogP contribution in [-0.4, -0.2) is 44.2 Å². The van der Waals surface area contributed by atoms with Gasteiger partial charge in [-0.3, -0.25) is 10.1 Å². The number of ether oxygens (including phenoxy) is 2. The second-order valence-electron chi connectivity index (χ2n) is 7.48. The maximum absolute atomic E-state index is 12.8. The van der Waals surface area contributed by atoms with Gasteiger partial charge in [0, 0.05) is 17.5 Å². The van der Waals surface area contributed by atoms with Crippen LogP contribution in [0.25, 0.3) is 0 Å². The van der Waals surface area contributed by atoms with Gasteiger partial charge in [-0.2, -0.15) is 10.1 Å². The number of methoxy groups -OCH3 is 2. The number of sulfonamides is 1. The first-order valence-corrected chi connectivity index (χ1v) is 14.9. The average molecular weight is 664 g/mol. The molecule has 0 radical (unpaired) electrons. The van der Waals surface area contributed by atoms with Crippen LogP contribution < -0.4 is 19.2 Å². The molecule has 0 unspecified atom stereocenters. The molecule has 2 heterocycles. The topological polar surface area (TPSA) is 155 Å². The number of rotatable bonds is 9. The Bertz CT molecular complexity index is 1560. The third kappa shape index (κ3) is 7.26. The molecule has 40 heavy (non-hydrogen) atoms. The summed E-state index contributed by atoms with van der Waals surface area (Å²) >= 11 is 9.74. The second-order valence-corrected chi connectivity index (χ2v) is 10.6. The number of hydrogen-bond donors (Lipinski definition) is 2. The summed E-state index contributed by atoms with van der Waals surface area (Å²) in [7, 11) is 3.00. The molecule has 17 heteroatoms. The van der Waals surface area contributed by atoms with Crippen molar-refractivity contribution >= 4 is 73.5 Å². The van der Waals surface area contributed by atoms with E-state index in [0.717, 1.165) is 24.0 Å². The van der Waals surface area contributed by atoms with E-state index < -0.39 is 10.0 Å². The van der Waals surface area contributed by atoms with E-state index in [2.05, 4.69) is 54.2 Å². The third-order valence-electron chi connectivity index (χ3n) is 5.09. The Labute approximate surface area is 253 Å². The van der Waals surface area contributed by atoms with Crippen molar-refractivity contribution < 1.29 is 32.5 Å². The Balaban J connectivity index is 0.00000216. The number of halogens is 1. The Kier molecular flexibility index (Phi) is 11.2. The molecule has 2 N–H and O–H groups in total. The normalized spacial score (nSPS) is 14.4. The van der Waals surface area contributed by atoms with Gasteiger partial charge in [0.15, 0.2) is 11.7 Å². The molecule has 2 aromatic carbocycles. The van der Waals surface area contributed by atoms with Gasteiger partial charge in [-0.05, 0) is 43.3 Å². The van der Waals surface area contributed by atoms with Gasteiger partial charge in [-0.15, -0.1) is 13.9 Å². The van der Waals surface area contributed by atoms with E-state index in [-0.39, 0.29) is 28.2 Å². The molecule has 213 valence electrons. The SMILES string of the molecule is COc1ncnc(NS(=O)(=O)c2ccc(N=NS/C([S-])=C3\C(=N)N(c4ccccc4)N=C3C)cc2)c1OC.[Cl][Ni]. The number of amidine groups is 1. The standard InChI is InChI=1S/C23H22N8O4S3.ClH.Ni/c1-14-18(20(24)31(28-14)16-7-5-4-6-8-16)23(36)37-30-27-15-9-11-17(12-10-15)38(32,33)29-21-19(34-2)22(35-3)26-13-25-21;;/h4-13,24,36H,1-3H3,(H,25,26,29);1H;/q;;+1/p-2/b23-18-,24-20?,30-27?;;. The molecule has 1 aromatic heterocycles. The Morgan fingerprint density at radius 1 is 1.10 bits per heavy atom. The third-order valence-corrected chi connectivity index (χ3v) is 7.41. The zero-order valence-corrected chi connectivity index (χ0v) is 25.2. The van der Waals surface area contributed by atoms with E-state index in [0.29, 0.717) is 21.2 Å². The molecule has 3 aromatic rings. The molecule has 4 rings (SSSR count). The Morgan fingerprint density at radius 2 is 1.77 bits per heavy atom. The number of nitrogens with zero attached hydrogens (tertiary/aromatic N) is 6. The summed E-state index contributed by atoms with van der Waals surface area (Å²) in [5, 5.41) is 18.5. The number of aromatic nitrogens is 2. The van der Waals surface area contributed by atoms with Crippen LogP contribution in [0.2, 0.25) is 0 Å². The number of hydrogen-bond acceptors (Lipinski definition) is 12. The molecular formula is C23H21ClN8NiO4S3-. The molecule has 1 aliphatic heterocycles.